The van der Waals surface area contributed by atoms with Crippen molar-refractivity contribution >= 4 is 6.29 Å². The van der Waals surface area contributed by atoms with E-state index in [0.717, 1.165) is 24.0 Å². The Morgan fingerprint density at radius 1 is 1.42 bits per heavy atom. The maximum atomic E-state index is 10.4. The largest absolute Gasteiger partial charge is 0.465 e. The molecule has 0 bridgehead atoms. The molecule has 1 aromatic rings. The summed E-state index contributed by atoms with van der Waals surface area (Å²) in [6, 6.07) is 5.47. The molecule has 60 valence electrons. The van der Waals surface area contributed by atoms with Gasteiger partial charge in [-0.2, -0.15) is 0 Å². The summed E-state index contributed by atoms with van der Waals surface area (Å²) < 4.78 is 5.23. The van der Waals surface area contributed by atoms with E-state index in [4.69, 9.17) is 4.74 Å². The quantitative estimate of drug-likeness (QED) is 0.587. The number of benzene rings is 1. The number of carbonyl (C=O) groups excluding carboxylic acids is 1. The number of fused-ring (bicyclic) bond motifs is 1. The maximum Gasteiger partial charge on any atom is 0.150 e. The van der Waals surface area contributed by atoms with Gasteiger partial charge in [0.05, 0.1) is 6.26 Å². The van der Waals surface area contributed by atoms with Crippen LogP contribution in [0.1, 0.15) is 15.9 Å². The summed E-state index contributed by atoms with van der Waals surface area (Å²) in [6.45, 7) is 0. The second-order valence-electron chi connectivity index (χ2n) is 2.68. The smallest absolute Gasteiger partial charge is 0.150 e. The molecule has 0 fully saturated rings. The lowest BCUT2D eigenvalue weighted by molar-refractivity contribution is 0.112. The Bertz CT molecular complexity index is 340. The Kier molecular flexibility index (Phi) is 1.67. The van der Waals surface area contributed by atoms with Gasteiger partial charge in [-0.1, -0.05) is 12.1 Å². The van der Waals surface area contributed by atoms with E-state index in [2.05, 4.69) is 0 Å². The number of ether oxygens (including phenoxy) is 1. The van der Waals surface area contributed by atoms with E-state index < -0.39 is 0 Å². The summed E-state index contributed by atoms with van der Waals surface area (Å²) in [5, 5.41) is 0. The molecule has 0 saturated heterocycles. The Balaban J connectivity index is 2.46. The highest BCUT2D eigenvalue weighted by molar-refractivity contribution is 5.76. The number of hydrogen-bond donors (Lipinski definition) is 0. The zero-order valence-corrected chi connectivity index (χ0v) is 6.49. The molecule has 1 aromatic carbocycles. The van der Waals surface area contributed by atoms with Crippen LogP contribution in [0, 0.1) is 0 Å². The molecule has 12 heavy (non-hydrogen) atoms. The van der Waals surface area contributed by atoms with Crippen LogP contribution in [0.2, 0.25) is 0 Å². The molecule has 2 nitrogen and oxygen atoms in total. The van der Waals surface area contributed by atoms with Crippen molar-refractivity contribution in [2.45, 2.75) is 6.42 Å². The zero-order valence-electron chi connectivity index (χ0n) is 6.49. The van der Waals surface area contributed by atoms with Crippen molar-refractivity contribution in [2.24, 2.45) is 0 Å². The van der Waals surface area contributed by atoms with E-state index in [-0.39, 0.29) is 0 Å². The van der Waals surface area contributed by atoms with Crippen LogP contribution >= 0.6 is 0 Å². The molecule has 0 N–H and O–H groups in total. The van der Waals surface area contributed by atoms with Crippen LogP contribution in [0.5, 0.6) is 5.75 Å². The summed E-state index contributed by atoms with van der Waals surface area (Å²) in [6.07, 6.45) is 5.30. The number of carbonyl (C=O) groups is 1. The van der Waals surface area contributed by atoms with Crippen LogP contribution < -0.4 is 4.74 Å². The van der Waals surface area contributed by atoms with Crippen molar-refractivity contribution in [2.75, 3.05) is 0 Å². The van der Waals surface area contributed by atoms with Gasteiger partial charge in [0.25, 0.3) is 0 Å². The molecular weight excluding hydrogens is 152 g/mol. The van der Waals surface area contributed by atoms with Gasteiger partial charge in [-0.05, 0) is 24.1 Å². The Labute approximate surface area is 70.5 Å². The highest BCUT2D eigenvalue weighted by Crippen LogP contribution is 2.23. The second kappa shape index (κ2) is 2.81. The fourth-order valence-corrected chi connectivity index (χ4v) is 1.22. The molecule has 0 saturated carbocycles. The minimum Gasteiger partial charge on any atom is -0.465 e. The molecule has 0 unspecified atom stereocenters. The van der Waals surface area contributed by atoms with Crippen molar-refractivity contribution < 1.29 is 9.53 Å². The molecule has 0 radical (unpaired) electrons. The average Bonchev–Trinajstić information content (AvgIpc) is 2.17. The molecule has 0 aromatic heterocycles. The van der Waals surface area contributed by atoms with Gasteiger partial charge >= 0.3 is 0 Å². The van der Waals surface area contributed by atoms with Gasteiger partial charge in [0.1, 0.15) is 12.0 Å². The molecule has 0 atom stereocenters. The Morgan fingerprint density at radius 3 is 3.17 bits per heavy atom. The summed E-state index contributed by atoms with van der Waals surface area (Å²) >= 11 is 0. The number of allylic oxidation sites excluding steroid dienone is 1. The molecule has 2 heteroatoms. The van der Waals surface area contributed by atoms with Gasteiger partial charge < -0.3 is 4.74 Å². The summed E-state index contributed by atoms with van der Waals surface area (Å²) in [7, 11) is 0. The lowest BCUT2D eigenvalue weighted by Gasteiger charge is -2.11. The lowest BCUT2D eigenvalue weighted by atomic mass is 10.1. The predicted octanol–water partition coefficient (Wildman–Crippen LogP) is 1.95. The standard InChI is InChI=1S/C10H8O2/c11-7-8-3-4-9-2-1-5-12-10(9)6-8/h1,3-7H,2H2. The second-order valence-corrected chi connectivity index (χ2v) is 2.68. The Morgan fingerprint density at radius 2 is 2.33 bits per heavy atom. The van der Waals surface area contributed by atoms with Crippen molar-refractivity contribution in [1.82, 2.24) is 0 Å². The van der Waals surface area contributed by atoms with E-state index in [1.807, 2.05) is 12.1 Å². The first-order chi connectivity index (χ1) is 5.90. The lowest BCUT2D eigenvalue weighted by Crippen LogP contribution is -1.96. The summed E-state index contributed by atoms with van der Waals surface area (Å²) in [5.41, 5.74) is 1.78. The summed E-state index contributed by atoms with van der Waals surface area (Å²) in [4.78, 5) is 10.4. The van der Waals surface area contributed by atoms with E-state index in [1.54, 1.807) is 18.4 Å². The molecule has 2 rings (SSSR count). The molecule has 1 aliphatic rings. The zero-order chi connectivity index (χ0) is 8.39. The number of hydrogen-bond acceptors (Lipinski definition) is 2. The van der Waals surface area contributed by atoms with Gasteiger partial charge in [0.2, 0.25) is 0 Å². The maximum absolute atomic E-state index is 10.4. The van der Waals surface area contributed by atoms with Crippen molar-refractivity contribution in [1.29, 1.82) is 0 Å². The minimum atomic E-state index is 0.657. The van der Waals surface area contributed by atoms with Gasteiger partial charge in [-0.3, -0.25) is 4.79 Å². The molecule has 1 heterocycles. The Hall–Kier alpha value is -1.57. The van der Waals surface area contributed by atoms with Crippen molar-refractivity contribution in [3.8, 4) is 5.75 Å². The third-order valence-corrected chi connectivity index (χ3v) is 1.86. The van der Waals surface area contributed by atoms with E-state index in [9.17, 15) is 4.79 Å². The molecule has 0 spiro atoms. The highest BCUT2D eigenvalue weighted by Gasteiger charge is 2.05. The fourth-order valence-electron chi connectivity index (χ4n) is 1.22. The SMILES string of the molecule is O=Cc1ccc2c(c1)OC=CC2. The minimum absolute atomic E-state index is 0.657. The average molecular weight is 160 g/mol. The van der Waals surface area contributed by atoms with Crippen LogP contribution in [0.4, 0.5) is 0 Å². The van der Waals surface area contributed by atoms with Crippen LogP contribution in [0.15, 0.2) is 30.5 Å². The van der Waals surface area contributed by atoms with Gasteiger partial charge in [-0.25, -0.2) is 0 Å². The first-order valence-corrected chi connectivity index (χ1v) is 3.80. The normalized spacial score (nSPS) is 13.3. The summed E-state index contributed by atoms with van der Waals surface area (Å²) in [5.74, 6) is 0.794. The third-order valence-electron chi connectivity index (χ3n) is 1.86. The van der Waals surface area contributed by atoms with E-state index >= 15 is 0 Å². The predicted molar refractivity (Wildman–Crippen MR) is 45.3 cm³/mol. The number of aldehydes is 1. The van der Waals surface area contributed by atoms with Gasteiger partial charge in [-0.15, -0.1) is 0 Å². The molecule has 0 aliphatic carbocycles. The first-order valence-electron chi connectivity index (χ1n) is 3.80. The van der Waals surface area contributed by atoms with E-state index in [1.165, 1.54) is 0 Å². The van der Waals surface area contributed by atoms with E-state index in [0.29, 0.717) is 5.56 Å². The molecular formula is C10H8O2. The van der Waals surface area contributed by atoms with Gasteiger partial charge in [0, 0.05) is 5.56 Å². The number of rotatable bonds is 1. The van der Waals surface area contributed by atoms with Crippen LogP contribution in [-0.4, -0.2) is 6.29 Å². The first kappa shape index (κ1) is 7.10. The fraction of sp³-hybridized carbons (Fsp3) is 0.100. The van der Waals surface area contributed by atoms with Gasteiger partial charge in [0.15, 0.2) is 0 Å². The van der Waals surface area contributed by atoms with Crippen LogP contribution in [0.3, 0.4) is 0 Å². The molecule has 1 aliphatic heterocycles. The topological polar surface area (TPSA) is 26.3 Å². The van der Waals surface area contributed by atoms with Crippen LogP contribution in [0.25, 0.3) is 0 Å². The third kappa shape index (κ3) is 1.11. The van der Waals surface area contributed by atoms with Crippen molar-refractivity contribution in [3.05, 3.63) is 41.7 Å². The monoisotopic (exact) mass is 160 g/mol. The highest BCUT2D eigenvalue weighted by atomic mass is 16.5. The molecule has 0 amide bonds. The van der Waals surface area contributed by atoms with Crippen LogP contribution in [-0.2, 0) is 6.42 Å². The van der Waals surface area contributed by atoms with Crippen molar-refractivity contribution in [3.63, 3.8) is 0 Å².